The van der Waals surface area contributed by atoms with Gasteiger partial charge in [0.05, 0.1) is 0 Å². The molecule has 0 saturated carbocycles. The molecule has 0 aliphatic heterocycles. The Morgan fingerprint density at radius 3 is 1.67 bits per heavy atom. The van der Waals surface area contributed by atoms with Crippen LogP contribution < -0.4 is 24.8 Å². The summed E-state index contributed by atoms with van der Waals surface area (Å²) < 4.78 is 0. The van der Waals surface area contributed by atoms with E-state index < -0.39 is 0 Å². The fraction of sp³-hybridized carbons (Fsp3) is 0.412. The van der Waals surface area contributed by atoms with E-state index >= 15 is 0 Å². The molecule has 0 spiro atoms. The number of rotatable bonds is 2. The summed E-state index contributed by atoms with van der Waals surface area (Å²) in [6, 6.07) is 10.8. The van der Waals surface area contributed by atoms with Crippen LogP contribution in [0.1, 0.15) is 41.2 Å². The van der Waals surface area contributed by atoms with Crippen LogP contribution in [0.25, 0.3) is 0 Å². The van der Waals surface area contributed by atoms with E-state index in [1.54, 1.807) is 0 Å². The Morgan fingerprint density at radius 2 is 1.43 bits per heavy atom. The van der Waals surface area contributed by atoms with E-state index in [1.807, 2.05) is 0 Å². The van der Waals surface area contributed by atoms with Gasteiger partial charge in [0.2, 0.25) is 0 Å². The van der Waals surface area contributed by atoms with Crippen molar-refractivity contribution in [2.24, 2.45) is 0 Å². The smallest absolute Gasteiger partial charge is 1.00 e. The van der Waals surface area contributed by atoms with Crippen LogP contribution in [0.15, 0.2) is 30.3 Å². The average Bonchev–Trinajstić information content (AvgIpc) is 2.87. The van der Waals surface area contributed by atoms with Gasteiger partial charge < -0.3 is 24.8 Å². The molecule has 2 aromatic carbocycles. The Hall–Kier alpha value is 1.05. The van der Waals surface area contributed by atoms with Gasteiger partial charge in [-0.15, -0.1) is 0 Å². The van der Waals surface area contributed by atoms with Crippen molar-refractivity contribution in [2.75, 3.05) is 0 Å². The summed E-state index contributed by atoms with van der Waals surface area (Å²) in [6.07, 6.45) is 2.48. The summed E-state index contributed by atoms with van der Waals surface area (Å²) in [7, 11) is 0. The van der Waals surface area contributed by atoms with E-state index in [0.717, 1.165) is 0 Å². The SMILES string of the molecule is CCC[c-]1cccc1.Cc1c[c-](C)c(C)c1C.[Cl-].[Cl-].[Zr+4].[Zr+4]. The van der Waals surface area contributed by atoms with Crippen molar-refractivity contribution in [3.63, 3.8) is 0 Å². The topological polar surface area (TPSA) is 0 Å². The third-order valence-corrected chi connectivity index (χ3v) is 3.45. The molecule has 0 atom stereocenters. The van der Waals surface area contributed by atoms with Gasteiger partial charge in [-0.3, -0.25) is 0 Å². The van der Waals surface area contributed by atoms with E-state index in [0.29, 0.717) is 0 Å². The third kappa shape index (κ3) is 10.4. The summed E-state index contributed by atoms with van der Waals surface area (Å²) in [5, 5.41) is 0. The molecular weight excluding hydrogens is 458 g/mol. The second-order valence-corrected chi connectivity index (χ2v) is 4.80. The van der Waals surface area contributed by atoms with Crippen LogP contribution in [0.2, 0.25) is 0 Å². The fourth-order valence-electron chi connectivity index (χ4n) is 2.00. The van der Waals surface area contributed by atoms with Crippen molar-refractivity contribution < 1.29 is 77.2 Å². The maximum Gasteiger partial charge on any atom is 4.00 e. The standard InChI is InChI=1S/C9H13.C8H11.2ClH.2Zr/c1-6-5-7(2)9(4)8(6)3;1-2-5-8-6-3-4-7-8;;;;/h5H,1-4H3;3-4,6-7H,2,5H2,1H3;2*1H;;/q2*-1;;;2*+4/p-2. The van der Waals surface area contributed by atoms with Crippen molar-refractivity contribution in [2.45, 2.75) is 47.5 Å². The molecule has 0 saturated heterocycles. The van der Waals surface area contributed by atoms with Gasteiger partial charge >= 0.3 is 52.4 Å². The molecule has 0 aromatic heterocycles. The molecule has 0 unspecified atom stereocenters. The third-order valence-electron chi connectivity index (χ3n) is 3.45. The Labute approximate surface area is 181 Å². The molecule has 0 aliphatic rings. The summed E-state index contributed by atoms with van der Waals surface area (Å²) in [6.45, 7) is 10.9. The first-order chi connectivity index (χ1) is 8.06. The van der Waals surface area contributed by atoms with Crippen LogP contribution in [-0.2, 0) is 58.8 Å². The first-order valence-electron chi connectivity index (χ1n) is 6.47. The van der Waals surface area contributed by atoms with Gasteiger partial charge in [0.1, 0.15) is 0 Å². The molecular formula is C17H24Cl2Zr2+4. The van der Waals surface area contributed by atoms with Gasteiger partial charge in [0.15, 0.2) is 0 Å². The normalized spacial score (nSPS) is 8.05. The quantitative estimate of drug-likeness (QED) is 0.483. The Balaban J connectivity index is -0.000000116. The van der Waals surface area contributed by atoms with E-state index in [4.69, 9.17) is 0 Å². The zero-order valence-corrected chi connectivity index (χ0v) is 20.0. The first-order valence-corrected chi connectivity index (χ1v) is 6.47. The van der Waals surface area contributed by atoms with Crippen LogP contribution >= 0.6 is 0 Å². The first kappa shape index (κ1) is 30.0. The van der Waals surface area contributed by atoms with E-state index in [1.165, 1.54) is 40.7 Å². The Morgan fingerprint density at radius 1 is 0.952 bits per heavy atom. The summed E-state index contributed by atoms with van der Waals surface area (Å²) in [5.74, 6) is 0. The monoisotopic (exact) mass is 478 g/mol. The molecule has 0 aliphatic carbocycles. The second kappa shape index (κ2) is 15.9. The van der Waals surface area contributed by atoms with E-state index in [-0.39, 0.29) is 77.2 Å². The molecule has 0 fully saturated rings. The van der Waals surface area contributed by atoms with Crippen molar-refractivity contribution in [1.29, 1.82) is 0 Å². The van der Waals surface area contributed by atoms with Crippen LogP contribution in [0.4, 0.5) is 0 Å². The van der Waals surface area contributed by atoms with Crippen LogP contribution in [0.5, 0.6) is 0 Å². The number of hydrogen-bond donors (Lipinski definition) is 0. The van der Waals surface area contributed by atoms with E-state index in [9.17, 15) is 0 Å². The molecule has 4 heteroatoms. The molecule has 0 nitrogen and oxygen atoms in total. The zero-order chi connectivity index (χ0) is 12.8. The van der Waals surface area contributed by atoms with Crippen LogP contribution in [-0.4, -0.2) is 0 Å². The van der Waals surface area contributed by atoms with Crippen LogP contribution in [0.3, 0.4) is 0 Å². The van der Waals surface area contributed by atoms with E-state index in [2.05, 4.69) is 65.0 Å². The predicted octanol–water partition coefficient (Wildman–Crippen LogP) is -1.000. The van der Waals surface area contributed by atoms with Crippen molar-refractivity contribution in [3.05, 3.63) is 58.1 Å². The number of hydrogen-bond acceptors (Lipinski definition) is 0. The minimum atomic E-state index is 0. The zero-order valence-electron chi connectivity index (χ0n) is 13.6. The van der Waals surface area contributed by atoms with Gasteiger partial charge in [-0.05, 0) is 0 Å². The minimum Gasteiger partial charge on any atom is -1.00 e. The largest absolute Gasteiger partial charge is 4.00 e. The second-order valence-electron chi connectivity index (χ2n) is 4.80. The molecule has 2 rings (SSSR count). The molecule has 0 N–H and O–H groups in total. The molecule has 2 aromatic rings. The van der Waals surface area contributed by atoms with Gasteiger partial charge in [0, 0.05) is 0 Å². The molecule has 0 heterocycles. The molecule has 0 radical (unpaired) electrons. The fourth-order valence-corrected chi connectivity index (χ4v) is 2.00. The Bertz CT molecular complexity index is 423. The molecule has 110 valence electrons. The van der Waals surface area contributed by atoms with Gasteiger partial charge in [0.25, 0.3) is 0 Å². The average molecular weight is 482 g/mol. The molecule has 0 bridgehead atoms. The minimum absolute atomic E-state index is 0. The van der Waals surface area contributed by atoms with Crippen LogP contribution in [0, 0.1) is 27.7 Å². The number of halogens is 2. The summed E-state index contributed by atoms with van der Waals surface area (Å²) >= 11 is 0. The van der Waals surface area contributed by atoms with Crippen molar-refractivity contribution >= 4 is 0 Å². The van der Waals surface area contributed by atoms with Gasteiger partial charge in [-0.25, -0.2) is 12.1 Å². The van der Waals surface area contributed by atoms with Gasteiger partial charge in [-0.1, -0.05) is 47.5 Å². The summed E-state index contributed by atoms with van der Waals surface area (Å²) in [5.41, 5.74) is 7.21. The summed E-state index contributed by atoms with van der Waals surface area (Å²) in [4.78, 5) is 0. The van der Waals surface area contributed by atoms with Gasteiger partial charge in [-0.2, -0.15) is 46.0 Å². The maximum absolute atomic E-state index is 2.24. The van der Waals surface area contributed by atoms with Crippen molar-refractivity contribution in [1.82, 2.24) is 0 Å². The Kier molecular flexibility index (Phi) is 22.7. The maximum atomic E-state index is 2.24. The molecule has 21 heavy (non-hydrogen) atoms. The molecule has 0 amide bonds. The predicted molar refractivity (Wildman–Crippen MR) is 77.0 cm³/mol. The number of aryl methyl sites for hydroxylation is 3. The van der Waals surface area contributed by atoms with Crippen molar-refractivity contribution in [3.8, 4) is 0 Å².